The van der Waals surface area contributed by atoms with Gasteiger partial charge in [-0.3, -0.25) is 0 Å². The minimum atomic E-state index is -0.370. The van der Waals surface area contributed by atoms with Gasteiger partial charge in [-0.2, -0.15) is 0 Å². The molecule has 1 fully saturated rings. The molecule has 0 spiro atoms. The first-order chi connectivity index (χ1) is 7.65. The number of hydrogen-bond donors (Lipinski definition) is 0. The van der Waals surface area contributed by atoms with Crippen molar-refractivity contribution in [2.24, 2.45) is 0 Å². The van der Waals surface area contributed by atoms with Crippen LogP contribution >= 0.6 is 0 Å². The van der Waals surface area contributed by atoms with Crippen molar-refractivity contribution in [1.82, 2.24) is 4.65 Å². The zero-order valence-corrected chi connectivity index (χ0v) is 9.31. The van der Waals surface area contributed by atoms with Crippen LogP contribution in [0.4, 0.5) is 5.69 Å². The number of ether oxygens (including phenoxy) is 1. The van der Waals surface area contributed by atoms with Crippen molar-refractivity contribution in [3.8, 4) is 0 Å². The fraction of sp³-hybridized carbons (Fsp3) is 0.417. The molecule has 0 amide bonds. The third-order valence-corrected chi connectivity index (χ3v) is 3.05. The van der Waals surface area contributed by atoms with E-state index >= 15 is 0 Å². The van der Waals surface area contributed by atoms with E-state index in [1.807, 2.05) is 0 Å². The van der Waals surface area contributed by atoms with Crippen molar-refractivity contribution in [2.75, 3.05) is 20.2 Å². The molecular formula is C12H15NO3. The normalized spacial score (nSPS) is 18.4. The molecule has 0 aromatic heterocycles. The second-order valence-electron chi connectivity index (χ2n) is 4.08. The highest BCUT2D eigenvalue weighted by molar-refractivity contribution is 5.89. The van der Waals surface area contributed by atoms with E-state index in [1.54, 1.807) is 24.3 Å². The summed E-state index contributed by atoms with van der Waals surface area (Å²) in [4.78, 5) is 11.2. The van der Waals surface area contributed by atoms with Gasteiger partial charge in [-0.1, -0.05) is 0 Å². The highest BCUT2D eigenvalue weighted by Crippen LogP contribution is 2.28. The van der Waals surface area contributed by atoms with E-state index in [0.717, 1.165) is 18.5 Å². The molecule has 2 rings (SSSR count). The third kappa shape index (κ3) is 1.94. The van der Waals surface area contributed by atoms with Gasteiger partial charge < -0.3 is 14.6 Å². The Labute approximate surface area is 94.6 Å². The number of hydroxylamine groups is 2. The molecule has 4 heteroatoms. The molecule has 4 nitrogen and oxygen atoms in total. The molecule has 0 unspecified atom stereocenters. The minimum absolute atomic E-state index is 0.262. The van der Waals surface area contributed by atoms with Crippen LogP contribution in [0.3, 0.4) is 0 Å². The Balaban J connectivity index is 2.22. The summed E-state index contributed by atoms with van der Waals surface area (Å²) in [5.74, 6) is -0.370. The SMILES string of the molecule is COC(=O)c1ccc([N+]2([O-])CCCC2)cc1. The number of carbonyl (C=O) groups is 1. The Kier molecular flexibility index (Phi) is 2.94. The van der Waals surface area contributed by atoms with Crippen LogP contribution in [0.2, 0.25) is 0 Å². The molecule has 0 radical (unpaired) electrons. The smallest absolute Gasteiger partial charge is 0.337 e. The monoisotopic (exact) mass is 221 g/mol. The van der Waals surface area contributed by atoms with Crippen LogP contribution in [0.15, 0.2) is 24.3 Å². The largest absolute Gasteiger partial charge is 0.627 e. The number of rotatable bonds is 2. The predicted octanol–water partition coefficient (Wildman–Crippen LogP) is 2.07. The zero-order valence-electron chi connectivity index (χ0n) is 9.31. The Morgan fingerprint density at radius 2 is 1.81 bits per heavy atom. The van der Waals surface area contributed by atoms with E-state index in [4.69, 9.17) is 0 Å². The summed E-state index contributed by atoms with van der Waals surface area (Å²) >= 11 is 0. The summed E-state index contributed by atoms with van der Waals surface area (Å²) in [6.07, 6.45) is 1.95. The summed E-state index contributed by atoms with van der Waals surface area (Å²) in [6, 6.07) is 6.75. The minimum Gasteiger partial charge on any atom is -0.627 e. The number of carbonyl (C=O) groups excluding carboxylic acids is 1. The van der Waals surface area contributed by atoms with Gasteiger partial charge in [0.25, 0.3) is 0 Å². The standard InChI is InChI=1S/C12H15NO3/c1-16-12(14)10-4-6-11(7-5-10)13(15)8-2-3-9-13/h4-7H,2-3,8-9H2,1H3. The van der Waals surface area contributed by atoms with Gasteiger partial charge in [-0.25, -0.2) is 4.79 Å². The molecule has 0 bridgehead atoms. The number of esters is 1. The second-order valence-corrected chi connectivity index (χ2v) is 4.08. The van der Waals surface area contributed by atoms with Crippen LogP contribution in [0, 0.1) is 5.21 Å². The molecule has 0 atom stereocenters. The number of methoxy groups -OCH3 is 1. The van der Waals surface area contributed by atoms with Gasteiger partial charge in [-0.15, -0.1) is 0 Å². The number of hydrogen-bond acceptors (Lipinski definition) is 3. The Morgan fingerprint density at radius 1 is 1.25 bits per heavy atom. The molecule has 86 valence electrons. The van der Waals surface area contributed by atoms with Crippen LogP contribution in [0.25, 0.3) is 0 Å². The molecule has 0 N–H and O–H groups in total. The van der Waals surface area contributed by atoms with Gasteiger partial charge in [0.1, 0.15) is 5.69 Å². The van der Waals surface area contributed by atoms with Gasteiger partial charge in [0.2, 0.25) is 0 Å². The molecule has 16 heavy (non-hydrogen) atoms. The van der Waals surface area contributed by atoms with Crippen LogP contribution in [-0.4, -0.2) is 26.2 Å². The van der Waals surface area contributed by atoms with Crippen LogP contribution < -0.4 is 4.65 Å². The van der Waals surface area contributed by atoms with E-state index in [1.165, 1.54) is 7.11 Å². The van der Waals surface area contributed by atoms with E-state index in [9.17, 15) is 10.0 Å². The molecule has 1 heterocycles. The van der Waals surface area contributed by atoms with Gasteiger partial charge >= 0.3 is 5.97 Å². The third-order valence-electron chi connectivity index (χ3n) is 3.05. The average molecular weight is 221 g/mol. The van der Waals surface area contributed by atoms with E-state index in [-0.39, 0.29) is 10.6 Å². The predicted molar refractivity (Wildman–Crippen MR) is 61.9 cm³/mol. The summed E-state index contributed by atoms with van der Waals surface area (Å²) < 4.78 is 4.34. The lowest BCUT2D eigenvalue weighted by Gasteiger charge is -2.37. The van der Waals surface area contributed by atoms with Crippen molar-refractivity contribution in [1.29, 1.82) is 0 Å². The lowest BCUT2D eigenvalue weighted by atomic mass is 10.2. The molecule has 1 aromatic rings. The lowest BCUT2D eigenvalue weighted by molar-refractivity contribution is 0.0600. The Hall–Kier alpha value is -1.39. The van der Waals surface area contributed by atoms with Gasteiger partial charge in [0.05, 0.1) is 25.8 Å². The molecule has 1 saturated heterocycles. The number of nitrogens with zero attached hydrogens (tertiary/aromatic N) is 1. The molecular weight excluding hydrogens is 206 g/mol. The molecule has 0 aliphatic carbocycles. The van der Waals surface area contributed by atoms with Crippen molar-refractivity contribution < 1.29 is 9.53 Å². The van der Waals surface area contributed by atoms with Crippen LogP contribution in [0.5, 0.6) is 0 Å². The van der Waals surface area contributed by atoms with E-state index < -0.39 is 0 Å². The van der Waals surface area contributed by atoms with Crippen molar-refractivity contribution in [3.05, 3.63) is 35.0 Å². The maximum atomic E-state index is 12.3. The maximum absolute atomic E-state index is 12.3. The van der Waals surface area contributed by atoms with E-state index in [2.05, 4.69) is 4.74 Å². The van der Waals surface area contributed by atoms with Crippen molar-refractivity contribution in [3.63, 3.8) is 0 Å². The Bertz CT molecular complexity index is 380. The summed E-state index contributed by atoms with van der Waals surface area (Å²) in [5.41, 5.74) is 1.21. The topological polar surface area (TPSA) is 49.4 Å². The average Bonchev–Trinajstić information content (AvgIpc) is 2.77. The molecule has 1 aliphatic rings. The second kappa shape index (κ2) is 4.23. The summed E-state index contributed by atoms with van der Waals surface area (Å²) in [7, 11) is 1.35. The number of benzene rings is 1. The van der Waals surface area contributed by atoms with Crippen molar-refractivity contribution >= 4 is 11.7 Å². The van der Waals surface area contributed by atoms with Crippen LogP contribution in [-0.2, 0) is 4.74 Å². The van der Waals surface area contributed by atoms with E-state index in [0.29, 0.717) is 18.7 Å². The first-order valence-corrected chi connectivity index (χ1v) is 5.43. The van der Waals surface area contributed by atoms with Crippen LogP contribution in [0.1, 0.15) is 23.2 Å². The molecule has 1 aromatic carbocycles. The summed E-state index contributed by atoms with van der Waals surface area (Å²) in [5, 5.41) is 12.3. The molecule has 1 aliphatic heterocycles. The lowest BCUT2D eigenvalue weighted by Crippen LogP contribution is -2.39. The van der Waals surface area contributed by atoms with Gasteiger partial charge in [0, 0.05) is 25.0 Å². The maximum Gasteiger partial charge on any atom is 0.337 e. The highest BCUT2D eigenvalue weighted by Gasteiger charge is 2.25. The summed E-state index contributed by atoms with van der Waals surface area (Å²) in [6.45, 7) is 1.27. The zero-order chi connectivity index (χ0) is 11.6. The Morgan fingerprint density at radius 3 is 2.31 bits per heavy atom. The highest BCUT2D eigenvalue weighted by atomic mass is 16.5. The first-order valence-electron chi connectivity index (χ1n) is 5.43. The van der Waals surface area contributed by atoms with Crippen molar-refractivity contribution in [2.45, 2.75) is 12.8 Å². The van der Waals surface area contributed by atoms with Gasteiger partial charge in [-0.05, 0) is 12.1 Å². The number of quaternary nitrogens is 1. The quantitative estimate of drug-likeness (QED) is 0.436. The molecule has 0 saturated carbocycles. The van der Waals surface area contributed by atoms with Gasteiger partial charge in [0.15, 0.2) is 0 Å². The fourth-order valence-electron chi connectivity index (χ4n) is 2.09. The first kappa shape index (κ1) is 11.1. The fourth-order valence-corrected chi connectivity index (χ4v) is 2.09.